The van der Waals surface area contributed by atoms with Gasteiger partial charge in [0.2, 0.25) is 5.91 Å². The average molecular weight is 387 g/mol. The Balaban J connectivity index is 1.27. The van der Waals surface area contributed by atoms with Crippen molar-refractivity contribution in [3.63, 3.8) is 0 Å². The van der Waals surface area contributed by atoms with E-state index in [0.717, 1.165) is 16.9 Å². The van der Waals surface area contributed by atoms with Gasteiger partial charge in [0.15, 0.2) is 0 Å². The van der Waals surface area contributed by atoms with Crippen LogP contribution < -0.4 is 15.4 Å². The van der Waals surface area contributed by atoms with Crippen molar-refractivity contribution in [3.8, 4) is 5.75 Å². The number of amides is 2. The van der Waals surface area contributed by atoms with Crippen LogP contribution in [0.5, 0.6) is 5.75 Å². The summed E-state index contributed by atoms with van der Waals surface area (Å²) >= 11 is 0. The van der Waals surface area contributed by atoms with E-state index in [0.29, 0.717) is 30.8 Å². The second kappa shape index (κ2) is 8.56. The fraction of sp³-hybridized carbons (Fsp3) is 0.174. The topological polar surface area (TPSA) is 80.3 Å². The number of nitrogens with one attached hydrogen (secondary N) is 2. The SMILES string of the molecule is O=C(Nc1ccncc1)c1ccc(CCNC(=O)[C@H]2COc3ccccc32)cc1. The molecule has 1 aromatic heterocycles. The summed E-state index contributed by atoms with van der Waals surface area (Å²) in [4.78, 5) is 28.7. The zero-order valence-corrected chi connectivity index (χ0v) is 15.8. The van der Waals surface area contributed by atoms with Gasteiger partial charge >= 0.3 is 0 Å². The molecule has 2 N–H and O–H groups in total. The number of nitrogens with zero attached hydrogens (tertiary/aromatic N) is 1. The van der Waals surface area contributed by atoms with E-state index >= 15 is 0 Å². The minimum absolute atomic E-state index is 0.0247. The molecule has 1 aliphatic rings. The van der Waals surface area contributed by atoms with E-state index in [1.165, 1.54) is 0 Å². The number of para-hydroxylation sites is 1. The van der Waals surface area contributed by atoms with E-state index in [2.05, 4.69) is 15.6 Å². The number of rotatable bonds is 6. The van der Waals surface area contributed by atoms with Crippen LogP contribution in [-0.2, 0) is 11.2 Å². The van der Waals surface area contributed by atoms with Gasteiger partial charge in [-0.05, 0) is 42.3 Å². The lowest BCUT2D eigenvalue weighted by Crippen LogP contribution is -2.31. The maximum atomic E-state index is 12.5. The Labute approximate surface area is 168 Å². The predicted octanol–water partition coefficient (Wildman–Crippen LogP) is 3.17. The second-order valence-corrected chi connectivity index (χ2v) is 6.83. The van der Waals surface area contributed by atoms with Gasteiger partial charge in [0.1, 0.15) is 18.3 Å². The monoisotopic (exact) mass is 387 g/mol. The molecule has 0 unspecified atom stereocenters. The van der Waals surface area contributed by atoms with Crippen molar-refractivity contribution in [1.82, 2.24) is 10.3 Å². The summed E-state index contributed by atoms with van der Waals surface area (Å²) in [5.74, 6) is 0.331. The van der Waals surface area contributed by atoms with Gasteiger partial charge in [0.05, 0.1) is 0 Å². The fourth-order valence-electron chi connectivity index (χ4n) is 3.29. The number of pyridine rings is 1. The first-order valence-electron chi connectivity index (χ1n) is 9.50. The van der Waals surface area contributed by atoms with Crippen molar-refractivity contribution < 1.29 is 14.3 Å². The number of aromatic nitrogens is 1. The number of hydrogen-bond acceptors (Lipinski definition) is 4. The molecule has 1 atom stereocenters. The Kier molecular flexibility index (Phi) is 5.52. The zero-order chi connectivity index (χ0) is 20.1. The molecule has 4 rings (SSSR count). The Bertz CT molecular complexity index is 1000. The fourth-order valence-corrected chi connectivity index (χ4v) is 3.29. The quantitative estimate of drug-likeness (QED) is 0.681. The third-order valence-electron chi connectivity index (χ3n) is 4.88. The molecule has 6 heteroatoms. The number of ether oxygens (including phenoxy) is 1. The summed E-state index contributed by atoms with van der Waals surface area (Å²) in [6.45, 7) is 0.909. The highest BCUT2D eigenvalue weighted by Gasteiger charge is 2.29. The first-order valence-corrected chi connectivity index (χ1v) is 9.50. The highest BCUT2D eigenvalue weighted by Crippen LogP contribution is 2.33. The van der Waals surface area contributed by atoms with Gasteiger partial charge in [-0.3, -0.25) is 14.6 Å². The van der Waals surface area contributed by atoms with Crippen LogP contribution in [0.1, 0.15) is 27.4 Å². The van der Waals surface area contributed by atoms with E-state index in [4.69, 9.17) is 4.74 Å². The molecule has 0 spiro atoms. The number of carbonyl (C=O) groups is 2. The molecule has 2 aromatic carbocycles. The Hall–Kier alpha value is -3.67. The molecule has 3 aromatic rings. The van der Waals surface area contributed by atoms with Crippen LogP contribution in [0.4, 0.5) is 5.69 Å². The summed E-state index contributed by atoms with van der Waals surface area (Å²) in [5, 5.41) is 5.81. The second-order valence-electron chi connectivity index (χ2n) is 6.83. The van der Waals surface area contributed by atoms with Crippen LogP contribution in [-0.4, -0.2) is 29.9 Å². The highest BCUT2D eigenvalue weighted by atomic mass is 16.5. The van der Waals surface area contributed by atoms with Crippen molar-refractivity contribution in [2.24, 2.45) is 0 Å². The molecular weight excluding hydrogens is 366 g/mol. The Morgan fingerprint density at radius 1 is 1.00 bits per heavy atom. The van der Waals surface area contributed by atoms with Crippen molar-refractivity contribution in [1.29, 1.82) is 0 Å². The smallest absolute Gasteiger partial charge is 0.255 e. The van der Waals surface area contributed by atoms with Gasteiger partial charge in [0.25, 0.3) is 5.91 Å². The molecule has 0 radical (unpaired) electrons. The summed E-state index contributed by atoms with van der Waals surface area (Å²) in [5.41, 5.74) is 3.27. The lowest BCUT2D eigenvalue weighted by Gasteiger charge is -2.10. The molecule has 146 valence electrons. The van der Waals surface area contributed by atoms with Crippen molar-refractivity contribution in [3.05, 3.63) is 89.7 Å². The molecule has 0 aliphatic carbocycles. The average Bonchev–Trinajstić information content (AvgIpc) is 3.19. The molecule has 0 saturated heterocycles. The first kappa shape index (κ1) is 18.7. The van der Waals surface area contributed by atoms with E-state index in [1.54, 1.807) is 36.7 Å². The van der Waals surface area contributed by atoms with Gasteiger partial charge in [-0.1, -0.05) is 30.3 Å². The van der Waals surface area contributed by atoms with Gasteiger partial charge in [0, 0.05) is 35.8 Å². The first-order chi connectivity index (χ1) is 14.2. The molecule has 2 amide bonds. The summed E-state index contributed by atoms with van der Waals surface area (Å²) in [6.07, 6.45) is 3.94. The van der Waals surface area contributed by atoms with E-state index in [1.807, 2.05) is 36.4 Å². The van der Waals surface area contributed by atoms with Gasteiger partial charge < -0.3 is 15.4 Å². The minimum Gasteiger partial charge on any atom is -0.492 e. The number of benzene rings is 2. The van der Waals surface area contributed by atoms with Crippen LogP contribution >= 0.6 is 0 Å². The van der Waals surface area contributed by atoms with Gasteiger partial charge in [-0.2, -0.15) is 0 Å². The third kappa shape index (κ3) is 4.43. The van der Waals surface area contributed by atoms with Crippen molar-refractivity contribution >= 4 is 17.5 Å². The normalized spacial score (nSPS) is 14.6. The predicted molar refractivity (Wildman–Crippen MR) is 110 cm³/mol. The lowest BCUT2D eigenvalue weighted by molar-refractivity contribution is -0.122. The molecule has 1 aliphatic heterocycles. The number of anilines is 1. The van der Waals surface area contributed by atoms with Crippen LogP contribution in [0.3, 0.4) is 0 Å². The largest absolute Gasteiger partial charge is 0.492 e. The van der Waals surface area contributed by atoms with Crippen LogP contribution in [0, 0.1) is 0 Å². The van der Waals surface area contributed by atoms with Gasteiger partial charge in [-0.25, -0.2) is 0 Å². The summed E-state index contributed by atoms with van der Waals surface area (Å²) in [6, 6.07) is 18.5. The van der Waals surface area contributed by atoms with Gasteiger partial charge in [-0.15, -0.1) is 0 Å². The number of hydrogen-bond donors (Lipinski definition) is 2. The molecule has 0 saturated carbocycles. The standard InChI is InChI=1S/C23H21N3O3/c27-22(26-18-10-12-24-13-11-18)17-7-5-16(6-8-17)9-14-25-23(28)20-15-29-21-4-2-1-3-19(20)21/h1-8,10-13,20H,9,14-15H2,(H,25,28)(H,24,26,27)/t20-/m0/s1. The molecule has 2 heterocycles. The maximum Gasteiger partial charge on any atom is 0.255 e. The minimum atomic E-state index is -0.259. The van der Waals surface area contributed by atoms with E-state index < -0.39 is 0 Å². The summed E-state index contributed by atoms with van der Waals surface area (Å²) in [7, 11) is 0. The van der Waals surface area contributed by atoms with E-state index in [9.17, 15) is 9.59 Å². The van der Waals surface area contributed by atoms with Crippen LogP contribution in [0.15, 0.2) is 73.1 Å². The Morgan fingerprint density at radius 3 is 2.55 bits per heavy atom. The number of fused-ring (bicyclic) bond motifs is 1. The van der Waals surface area contributed by atoms with Crippen molar-refractivity contribution in [2.75, 3.05) is 18.5 Å². The molecule has 29 heavy (non-hydrogen) atoms. The molecular formula is C23H21N3O3. The van der Waals surface area contributed by atoms with E-state index in [-0.39, 0.29) is 17.7 Å². The maximum absolute atomic E-state index is 12.5. The van der Waals surface area contributed by atoms with Crippen LogP contribution in [0.25, 0.3) is 0 Å². The number of carbonyl (C=O) groups excluding carboxylic acids is 2. The molecule has 0 bridgehead atoms. The summed E-state index contributed by atoms with van der Waals surface area (Å²) < 4.78 is 5.57. The Morgan fingerprint density at radius 2 is 1.76 bits per heavy atom. The molecule has 0 fully saturated rings. The van der Waals surface area contributed by atoms with Crippen LogP contribution in [0.2, 0.25) is 0 Å². The van der Waals surface area contributed by atoms with Crippen molar-refractivity contribution in [2.45, 2.75) is 12.3 Å². The highest BCUT2D eigenvalue weighted by molar-refractivity contribution is 6.04. The zero-order valence-electron chi connectivity index (χ0n) is 15.8. The third-order valence-corrected chi connectivity index (χ3v) is 4.88. The molecule has 6 nitrogen and oxygen atoms in total. The lowest BCUT2D eigenvalue weighted by atomic mass is 10.0.